The molecule has 0 bridgehead atoms. The van der Waals surface area contributed by atoms with Gasteiger partial charge in [0.05, 0.1) is 10.7 Å². The van der Waals surface area contributed by atoms with Crippen molar-refractivity contribution in [1.29, 1.82) is 0 Å². The van der Waals surface area contributed by atoms with Crippen LogP contribution in [0.25, 0.3) is 0 Å². The average molecular weight is 318 g/mol. The number of pyridine rings is 1. The summed E-state index contributed by atoms with van der Waals surface area (Å²) in [6.45, 7) is 4.62. The Bertz CT molecular complexity index is 631. The van der Waals surface area contributed by atoms with Crippen LogP contribution in [0.3, 0.4) is 0 Å². The zero-order valence-electron chi connectivity index (χ0n) is 12.8. The molecule has 22 heavy (non-hydrogen) atoms. The van der Waals surface area contributed by atoms with E-state index in [1.807, 2.05) is 37.3 Å². The van der Waals surface area contributed by atoms with Crippen LogP contribution >= 0.6 is 11.6 Å². The molecular formula is C17H20ClN3O. The van der Waals surface area contributed by atoms with Crippen molar-refractivity contribution in [2.24, 2.45) is 0 Å². The van der Waals surface area contributed by atoms with E-state index in [9.17, 15) is 4.79 Å². The molecular weight excluding hydrogens is 298 g/mol. The molecule has 2 rings (SSSR count). The molecule has 0 saturated heterocycles. The summed E-state index contributed by atoms with van der Waals surface area (Å²) in [5.41, 5.74) is 2.87. The lowest BCUT2D eigenvalue weighted by molar-refractivity contribution is -0.116. The molecule has 0 aliphatic carbocycles. The number of halogens is 1. The maximum atomic E-state index is 11.9. The summed E-state index contributed by atoms with van der Waals surface area (Å²) in [6.07, 6.45) is 3.92. The highest BCUT2D eigenvalue weighted by Crippen LogP contribution is 2.22. The molecule has 5 heteroatoms. The zero-order chi connectivity index (χ0) is 15.9. The Hall–Kier alpha value is -1.91. The Morgan fingerprint density at radius 3 is 2.68 bits per heavy atom. The number of carbonyl (C=O) groups excluding carboxylic acids is 1. The van der Waals surface area contributed by atoms with Gasteiger partial charge in [-0.2, -0.15) is 0 Å². The van der Waals surface area contributed by atoms with E-state index in [0.29, 0.717) is 23.7 Å². The lowest BCUT2D eigenvalue weighted by Crippen LogP contribution is -2.24. The van der Waals surface area contributed by atoms with Gasteiger partial charge in [0.2, 0.25) is 5.91 Å². The Kier molecular flexibility index (Phi) is 5.92. The van der Waals surface area contributed by atoms with E-state index in [1.54, 1.807) is 12.4 Å². The second-order valence-corrected chi connectivity index (χ2v) is 5.65. The van der Waals surface area contributed by atoms with Gasteiger partial charge in [0.1, 0.15) is 0 Å². The summed E-state index contributed by atoms with van der Waals surface area (Å²) in [4.78, 5) is 15.9. The van der Waals surface area contributed by atoms with Gasteiger partial charge in [-0.1, -0.05) is 17.7 Å². The molecule has 1 amide bonds. The zero-order valence-corrected chi connectivity index (χ0v) is 13.5. The molecule has 0 saturated carbocycles. The van der Waals surface area contributed by atoms with Crippen molar-refractivity contribution in [3.63, 3.8) is 0 Å². The van der Waals surface area contributed by atoms with E-state index in [0.717, 1.165) is 11.1 Å². The van der Waals surface area contributed by atoms with Crippen LogP contribution in [0.2, 0.25) is 5.02 Å². The van der Waals surface area contributed by atoms with Crippen LogP contribution in [0.1, 0.15) is 30.5 Å². The first-order valence-electron chi connectivity index (χ1n) is 7.25. The molecule has 0 fully saturated rings. The van der Waals surface area contributed by atoms with E-state index in [-0.39, 0.29) is 11.9 Å². The van der Waals surface area contributed by atoms with Gasteiger partial charge < -0.3 is 10.6 Å². The number of carbonyl (C=O) groups is 1. The predicted molar refractivity (Wildman–Crippen MR) is 90.1 cm³/mol. The van der Waals surface area contributed by atoms with E-state index in [1.165, 1.54) is 0 Å². The average Bonchev–Trinajstić information content (AvgIpc) is 2.51. The summed E-state index contributed by atoms with van der Waals surface area (Å²) in [5.74, 6) is -0.0554. The van der Waals surface area contributed by atoms with Crippen LogP contribution in [0.4, 0.5) is 5.69 Å². The highest BCUT2D eigenvalue weighted by atomic mass is 35.5. The largest absolute Gasteiger partial charge is 0.325 e. The number of hydrogen-bond acceptors (Lipinski definition) is 3. The number of aryl methyl sites for hydroxylation is 1. The first-order valence-corrected chi connectivity index (χ1v) is 7.63. The summed E-state index contributed by atoms with van der Waals surface area (Å²) in [7, 11) is 0. The van der Waals surface area contributed by atoms with Crippen molar-refractivity contribution in [1.82, 2.24) is 10.3 Å². The third-order valence-electron chi connectivity index (χ3n) is 3.41. The standard InChI is InChI=1S/C17H20ClN3O/c1-12-3-4-16(15(18)11-12)21-17(22)7-10-20-13(2)14-5-8-19-9-6-14/h3-6,8-9,11,13,20H,7,10H2,1-2H3,(H,21,22)/t13-/m0/s1. The minimum atomic E-state index is -0.0554. The van der Waals surface area contributed by atoms with Crippen LogP contribution < -0.4 is 10.6 Å². The number of aromatic nitrogens is 1. The Labute approximate surface area is 135 Å². The number of hydrogen-bond donors (Lipinski definition) is 2. The lowest BCUT2D eigenvalue weighted by Gasteiger charge is -2.14. The third-order valence-corrected chi connectivity index (χ3v) is 3.72. The smallest absolute Gasteiger partial charge is 0.225 e. The van der Waals surface area contributed by atoms with Crippen LogP contribution in [-0.2, 0) is 4.79 Å². The van der Waals surface area contributed by atoms with Gasteiger partial charge in [-0.25, -0.2) is 0 Å². The minimum absolute atomic E-state index is 0.0554. The maximum Gasteiger partial charge on any atom is 0.225 e. The number of nitrogens with one attached hydrogen (secondary N) is 2. The molecule has 0 spiro atoms. The van der Waals surface area contributed by atoms with Crippen molar-refractivity contribution in [3.05, 3.63) is 58.9 Å². The molecule has 2 aromatic rings. The Morgan fingerprint density at radius 1 is 1.27 bits per heavy atom. The SMILES string of the molecule is Cc1ccc(NC(=O)CCN[C@@H](C)c2ccncc2)c(Cl)c1. The molecule has 0 aliphatic rings. The van der Waals surface area contributed by atoms with Crippen molar-refractivity contribution in [2.75, 3.05) is 11.9 Å². The Balaban J connectivity index is 1.78. The summed E-state index contributed by atoms with van der Waals surface area (Å²) in [6, 6.07) is 9.68. The fourth-order valence-electron chi connectivity index (χ4n) is 2.11. The van der Waals surface area contributed by atoms with Crippen LogP contribution in [0.15, 0.2) is 42.7 Å². The second-order valence-electron chi connectivity index (χ2n) is 5.24. The van der Waals surface area contributed by atoms with Crippen molar-refractivity contribution < 1.29 is 4.79 Å². The number of nitrogens with zero attached hydrogens (tertiary/aromatic N) is 1. The topological polar surface area (TPSA) is 54.0 Å². The molecule has 0 unspecified atom stereocenters. The number of anilines is 1. The molecule has 1 heterocycles. The fourth-order valence-corrected chi connectivity index (χ4v) is 2.39. The molecule has 1 aromatic carbocycles. The molecule has 4 nitrogen and oxygen atoms in total. The summed E-state index contributed by atoms with van der Waals surface area (Å²) >= 11 is 6.10. The number of rotatable bonds is 6. The molecule has 116 valence electrons. The third kappa shape index (κ3) is 4.83. The second kappa shape index (κ2) is 7.92. The highest BCUT2D eigenvalue weighted by molar-refractivity contribution is 6.33. The van der Waals surface area contributed by atoms with E-state index >= 15 is 0 Å². The van der Waals surface area contributed by atoms with Gasteiger partial charge in [-0.15, -0.1) is 0 Å². The van der Waals surface area contributed by atoms with Crippen molar-refractivity contribution >= 4 is 23.2 Å². The normalized spacial score (nSPS) is 12.0. The lowest BCUT2D eigenvalue weighted by atomic mass is 10.1. The van der Waals surface area contributed by atoms with Crippen molar-refractivity contribution in [3.8, 4) is 0 Å². The van der Waals surface area contributed by atoms with E-state index < -0.39 is 0 Å². The van der Waals surface area contributed by atoms with Crippen LogP contribution in [0, 0.1) is 6.92 Å². The van der Waals surface area contributed by atoms with Gasteiger partial charge in [-0.3, -0.25) is 9.78 Å². The molecule has 0 radical (unpaired) electrons. The quantitative estimate of drug-likeness (QED) is 0.853. The van der Waals surface area contributed by atoms with Crippen molar-refractivity contribution in [2.45, 2.75) is 26.3 Å². The van der Waals surface area contributed by atoms with Crippen LogP contribution in [0.5, 0.6) is 0 Å². The minimum Gasteiger partial charge on any atom is -0.325 e. The van der Waals surface area contributed by atoms with Gasteiger partial charge in [0.25, 0.3) is 0 Å². The molecule has 1 atom stereocenters. The maximum absolute atomic E-state index is 11.9. The van der Waals surface area contributed by atoms with Gasteiger partial charge in [-0.05, 0) is 49.2 Å². The fraction of sp³-hybridized carbons (Fsp3) is 0.294. The van der Waals surface area contributed by atoms with Gasteiger partial charge >= 0.3 is 0 Å². The molecule has 0 aliphatic heterocycles. The highest BCUT2D eigenvalue weighted by Gasteiger charge is 2.08. The monoisotopic (exact) mass is 317 g/mol. The first-order chi connectivity index (χ1) is 10.6. The van der Waals surface area contributed by atoms with E-state index in [4.69, 9.17) is 11.6 Å². The molecule has 2 N–H and O–H groups in total. The Morgan fingerprint density at radius 2 is 2.00 bits per heavy atom. The van der Waals surface area contributed by atoms with Gasteiger partial charge in [0, 0.05) is 31.4 Å². The summed E-state index contributed by atoms with van der Waals surface area (Å²) in [5, 5.41) is 6.71. The number of amides is 1. The summed E-state index contributed by atoms with van der Waals surface area (Å²) < 4.78 is 0. The van der Waals surface area contributed by atoms with E-state index in [2.05, 4.69) is 22.5 Å². The molecule has 1 aromatic heterocycles. The number of benzene rings is 1. The first kappa shape index (κ1) is 16.5. The van der Waals surface area contributed by atoms with Crippen LogP contribution in [-0.4, -0.2) is 17.4 Å². The van der Waals surface area contributed by atoms with Gasteiger partial charge in [0.15, 0.2) is 0 Å². The predicted octanol–water partition coefficient (Wildman–Crippen LogP) is 3.72.